The van der Waals surface area contributed by atoms with E-state index in [9.17, 15) is 8.42 Å². The van der Waals surface area contributed by atoms with Crippen molar-refractivity contribution in [2.45, 2.75) is 31.3 Å². The number of hydrogen-bond acceptors (Lipinski definition) is 5. The van der Waals surface area contributed by atoms with Crippen molar-refractivity contribution in [1.29, 1.82) is 0 Å². The third-order valence-corrected chi connectivity index (χ3v) is 5.76. The van der Waals surface area contributed by atoms with Gasteiger partial charge in [-0.1, -0.05) is 56.8 Å². The first kappa shape index (κ1) is 18.0. The van der Waals surface area contributed by atoms with Crippen LogP contribution in [0.1, 0.15) is 26.3 Å². The third-order valence-electron chi connectivity index (χ3n) is 3.53. The van der Waals surface area contributed by atoms with Crippen LogP contribution in [0.15, 0.2) is 29.4 Å². The number of sulfone groups is 1. The van der Waals surface area contributed by atoms with E-state index >= 15 is 0 Å². The molecular weight excluding hydrogens is 330 g/mol. The van der Waals surface area contributed by atoms with Gasteiger partial charge in [0.15, 0.2) is 11.0 Å². The molecule has 1 heterocycles. The Morgan fingerprint density at radius 1 is 1.13 bits per heavy atom. The number of aromatic nitrogens is 3. The Balaban J connectivity index is 2.15. The number of nitrogens with zero attached hydrogens (tertiary/aromatic N) is 3. The van der Waals surface area contributed by atoms with E-state index in [2.05, 4.69) is 55.2 Å². The molecular formula is C16H23N3O2S2. The fourth-order valence-electron chi connectivity index (χ4n) is 2.10. The number of rotatable bonds is 5. The first-order chi connectivity index (χ1) is 10.6. The Labute approximate surface area is 142 Å². The maximum Gasteiger partial charge on any atom is 0.191 e. The van der Waals surface area contributed by atoms with Crippen LogP contribution in [-0.2, 0) is 22.3 Å². The third kappa shape index (κ3) is 4.81. The summed E-state index contributed by atoms with van der Waals surface area (Å²) >= 11 is 1.41. The van der Waals surface area contributed by atoms with Crippen molar-refractivity contribution in [3.63, 3.8) is 0 Å². The van der Waals surface area contributed by atoms with Gasteiger partial charge in [-0.05, 0) is 11.0 Å². The highest BCUT2D eigenvalue weighted by molar-refractivity contribution is 8.00. The van der Waals surface area contributed by atoms with E-state index in [1.807, 2.05) is 11.6 Å². The SMILES string of the molecule is Cn1c(SCCS(C)(=O)=O)nnc1-c1ccc(C(C)(C)C)cc1. The van der Waals surface area contributed by atoms with Gasteiger partial charge in [0.25, 0.3) is 0 Å². The lowest BCUT2D eigenvalue weighted by molar-refractivity contribution is 0.590. The van der Waals surface area contributed by atoms with Crippen LogP contribution >= 0.6 is 11.8 Å². The quantitative estimate of drug-likeness (QED) is 0.773. The van der Waals surface area contributed by atoms with Gasteiger partial charge in [0.1, 0.15) is 9.84 Å². The van der Waals surface area contributed by atoms with Crippen molar-refractivity contribution >= 4 is 21.6 Å². The second kappa shape index (κ2) is 6.65. The maximum absolute atomic E-state index is 11.2. The first-order valence-electron chi connectivity index (χ1n) is 7.39. The van der Waals surface area contributed by atoms with Gasteiger partial charge >= 0.3 is 0 Å². The summed E-state index contributed by atoms with van der Waals surface area (Å²) in [5.41, 5.74) is 2.39. The van der Waals surface area contributed by atoms with Gasteiger partial charge in [-0.25, -0.2) is 8.42 Å². The average Bonchev–Trinajstić information content (AvgIpc) is 2.78. The summed E-state index contributed by atoms with van der Waals surface area (Å²) in [6, 6.07) is 8.33. The Morgan fingerprint density at radius 3 is 2.26 bits per heavy atom. The predicted octanol–water partition coefficient (Wildman–Crippen LogP) is 2.92. The number of hydrogen-bond donors (Lipinski definition) is 0. The van der Waals surface area contributed by atoms with Gasteiger partial charge in [0.2, 0.25) is 0 Å². The van der Waals surface area contributed by atoms with E-state index < -0.39 is 9.84 Å². The first-order valence-corrected chi connectivity index (χ1v) is 10.4. The molecule has 126 valence electrons. The van der Waals surface area contributed by atoms with E-state index in [0.29, 0.717) is 5.75 Å². The highest BCUT2D eigenvalue weighted by atomic mass is 32.2. The minimum absolute atomic E-state index is 0.116. The Bertz CT molecular complexity index is 773. The predicted molar refractivity (Wildman–Crippen MR) is 95.6 cm³/mol. The second-order valence-electron chi connectivity index (χ2n) is 6.67. The molecule has 0 amide bonds. The molecule has 0 spiro atoms. The van der Waals surface area contributed by atoms with Gasteiger partial charge in [-0.2, -0.15) is 0 Å². The van der Waals surface area contributed by atoms with Crippen molar-refractivity contribution in [3.8, 4) is 11.4 Å². The highest BCUT2D eigenvalue weighted by Crippen LogP contribution is 2.26. The maximum atomic E-state index is 11.2. The number of thioether (sulfide) groups is 1. The van der Waals surface area contributed by atoms with Crippen molar-refractivity contribution in [1.82, 2.24) is 14.8 Å². The molecule has 1 aromatic heterocycles. The van der Waals surface area contributed by atoms with Crippen molar-refractivity contribution in [2.24, 2.45) is 7.05 Å². The molecule has 0 unspecified atom stereocenters. The lowest BCUT2D eigenvalue weighted by Crippen LogP contribution is -2.10. The Kier molecular flexibility index (Phi) is 5.20. The number of benzene rings is 1. The molecule has 0 aliphatic carbocycles. The molecule has 1 aromatic carbocycles. The minimum atomic E-state index is -2.95. The van der Waals surface area contributed by atoms with Crippen molar-refractivity contribution < 1.29 is 8.42 Å². The molecule has 0 aliphatic heterocycles. The van der Waals surface area contributed by atoms with Crippen LogP contribution in [-0.4, -0.2) is 40.9 Å². The van der Waals surface area contributed by atoms with E-state index in [0.717, 1.165) is 16.5 Å². The van der Waals surface area contributed by atoms with Gasteiger partial charge in [-0.3, -0.25) is 0 Å². The van der Waals surface area contributed by atoms with Crippen LogP contribution in [0.4, 0.5) is 0 Å². The van der Waals surface area contributed by atoms with Crippen LogP contribution in [0.2, 0.25) is 0 Å². The van der Waals surface area contributed by atoms with E-state index in [-0.39, 0.29) is 11.2 Å². The average molecular weight is 354 g/mol. The van der Waals surface area contributed by atoms with Crippen LogP contribution in [0, 0.1) is 0 Å². The molecule has 0 fully saturated rings. The fourth-order valence-corrected chi connectivity index (χ4v) is 4.20. The molecule has 0 saturated heterocycles. The molecule has 0 saturated carbocycles. The van der Waals surface area contributed by atoms with E-state index in [4.69, 9.17) is 0 Å². The molecule has 2 aromatic rings. The zero-order chi connectivity index (χ0) is 17.3. The molecule has 23 heavy (non-hydrogen) atoms. The van der Waals surface area contributed by atoms with E-state index in [1.54, 1.807) is 0 Å². The monoisotopic (exact) mass is 353 g/mol. The summed E-state index contributed by atoms with van der Waals surface area (Å²) in [7, 11) is -1.05. The van der Waals surface area contributed by atoms with Gasteiger partial charge in [0, 0.05) is 24.6 Å². The largest absolute Gasteiger partial charge is 0.305 e. The Morgan fingerprint density at radius 2 is 1.74 bits per heavy atom. The zero-order valence-corrected chi connectivity index (χ0v) is 15.8. The van der Waals surface area contributed by atoms with Crippen LogP contribution < -0.4 is 0 Å². The summed E-state index contributed by atoms with van der Waals surface area (Å²) in [6.45, 7) is 6.54. The van der Waals surface area contributed by atoms with Crippen LogP contribution in [0.25, 0.3) is 11.4 Å². The second-order valence-corrected chi connectivity index (χ2v) is 9.99. The van der Waals surface area contributed by atoms with Crippen molar-refractivity contribution in [3.05, 3.63) is 29.8 Å². The minimum Gasteiger partial charge on any atom is -0.305 e. The summed E-state index contributed by atoms with van der Waals surface area (Å²) < 4.78 is 24.3. The Hall–Kier alpha value is -1.34. The molecule has 7 heteroatoms. The molecule has 0 bridgehead atoms. The van der Waals surface area contributed by atoms with Gasteiger partial charge < -0.3 is 4.57 Å². The molecule has 0 N–H and O–H groups in total. The lowest BCUT2D eigenvalue weighted by atomic mass is 9.87. The van der Waals surface area contributed by atoms with Crippen LogP contribution in [0.5, 0.6) is 0 Å². The summed E-state index contributed by atoms with van der Waals surface area (Å²) in [6.07, 6.45) is 1.24. The van der Waals surface area contributed by atoms with Crippen LogP contribution in [0.3, 0.4) is 0 Å². The molecule has 0 atom stereocenters. The topological polar surface area (TPSA) is 64.8 Å². The standard InChI is InChI=1S/C16H23N3O2S2/c1-16(2,3)13-8-6-12(7-9-13)14-17-18-15(19(14)4)22-10-11-23(5,20)21/h6-9H,10-11H2,1-5H3. The summed E-state index contributed by atoms with van der Waals surface area (Å²) in [4.78, 5) is 0. The molecule has 0 radical (unpaired) electrons. The van der Waals surface area contributed by atoms with E-state index in [1.165, 1.54) is 23.6 Å². The lowest BCUT2D eigenvalue weighted by Gasteiger charge is -2.19. The zero-order valence-electron chi connectivity index (χ0n) is 14.2. The smallest absolute Gasteiger partial charge is 0.191 e. The summed E-state index contributed by atoms with van der Waals surface area (Å²) in [5.74, 6) is 1.40. The molecule has 2 rings (SSSR count). The van der Waals surface area contributed by atoms with Gasteiger partial charge in [-0.15, -0.1) is 10.2 Å². The highest BCUT2D eigenvalue weighted by Gasteiger charge is 2.15. The summed E-state index contributed by atoms with van der Waals surface area (Å²) in [5, 5.41) is 9.13. The van der Waals surface area contributed by atoms with Gasteiger partial charge in [0.05, 0.1) is 5.75 Å². The van der Waals surface area contributed by atoms with Crippen molar-refractivity contribution in [2.75, 3.05) is 17.8 Å². The normalized spacial score (nSPS) is 12.6. The fraction of sp³-hybridized carbons (Fsp3) is 0.500. The molecule has 5 nitrogen and oxygen atoms in total. The molecule has 0 aliphatic rings.